The molecular formula is C18H30FN3O2. The highest BCUT2D eigenvalue weighted by Crippen LogP contribution is 2.21. The van der Waals surface area contributed by atoms with E-state index in [1.807, 2.05) is 18.0 Å². The molecule has 0 aliphatic carbocycles. The summed E-state index contributed by atoms with van der Waals surface area (Å²) in [7, 11) is 6.81. The van der Waals surface area contributed by atoms with Gasteiger partial charge in [-0.25, -0.2) is 4.39 Å². The van der Waals surface area contributed by atoms with Gasteiger partial charge in [-0.2, -0.15) is 0 Å². The molecule has 1 N–H and O–H groups in total. The molecule has 0 heterocycles. The fraction of sp³-hybridized carbons (Fsp3) is 0.611. The molecule has 0 fully saturated rings. The first-order valence-corrected chi connectivity index (χ1v) is 8.00. The van der Waals surface area contributed by atoms with Crippen LogP contribution >= 0.6 is 0 Å². The smallest absolute Gasteiger partial charge is 0.193 e. The van der Waals surface area contributed by atoms with Gasteiger partial charge in [-0.1, -0.05) is 26.8 Å². The number of guanidine groups is 1. The predicted molar refractivity (Wildman–Crippen MR) is 96.0 cm³/mol. The molecule has 1 rings (SSSR count). The van der Waals surface area contributed by atoms with Crippen LogP contribution < -0.4 is 10.1 Å². The molecule has 1 unspecified atom stereocenters. The summed E-state index contributed by atoms with van der Waals surface area (Å²) in [5.74, 6) is 0.619. The molecule has 6 heteroatoms. The van der Waals surface area contributed by atoms with Crippen LogP contribution in [0, 0.1) is 11.2 Å². The molecule has 0 aliphatic rings. The number of nitrogens with one attached hydrogen (secondary N) is 1. The molecule has 0 spiro atoms. The molecule has 1 atom stereocenters. The summed E-state index contributed by atoms with van der Waals surface area (Å²) in [6.07, 6.45) is 0.0566. The van der Waals surface area contributed by atoms with Gasteiger partial charge in [-0.3, -0.25) is 4.99 Å². The van der Waals surface area contributed by atoms with Gasteiger partial charge in [-0.05, 0) is 23.1 Å². The lowest BCUT2D eigenvalue weighted by molar-refractivity contribution is 0.0202. The lowest BCUT2D eigenvalue weighted by Gasteiger charge is -2.31. The van der Waals surface area contributed by atoms with Crippen LogP contribution in [0.4, 0.5) is 4.39 Å². The molecule has 1 aromatic carbocycles. The maximum absolute atomic E-state index is 13.8. The molecule has 0 aromatic heterocycles. The molecule has 24 heavy (non-hydrogen) atoms. The highest BCUT2D eigenvalue weighted by atomic mass is 19.1. The van der Waals surface area contributed by atoms with Gasteiger partial charge in [0.15, 0.2) is 17.5 Å². The van der Waals surface area contributed by atoms with Crippen LogP contribution in [-0.2, 0) is 11.3 Å². The van der Waals surface area contributed by atoms with Crippen molar-refractivity contribution in [3.05, 3.63) is 29.6 Å². The van der Waals surface area contributed by atoms with E-state index in [-0.39, 0.29) is 23.1 Å². The number of hydrogen-bond acceptors (Lipinski definition) is 3. The molecule has 5 nitrogen and oxygen atoms in total. The highest BCUT2D eigenvalue weighted by molar-refractivity contribution is 5.79. The molecule has 0 saturated carbocycles. The summed E-state index contributed by atoms with van der Waals surface area (Å²) < 4.78 is 24.3. The molecule has 0 bridgehead atoms. The first kappa shape index (κ1) is 20.2. The second-order valence-electron chi connectivity index (χ2n) is 6.84. The SMILES string of the molecule is CN=C(NCC(OC)C(C)(C)C)N(C)Cc1ccc(OC)c(F)c1. The van der Waals surface area contributed by atoms with Crippen molar-refractivity contribution in [2.75, 3.05) is 34.9 Å². The zero-order valence-electron chi connectivity index (χ0n) is 15.8. The molecule has 0 radical (unpaired) electrons. The number of benzene rings is 1. The number of aliphatic imine (C=N–C) groups is 1. The van der Waals surface area contributed by atoms with Crippen molar-refractivity contribution in [2.24, 2.45) is 10.4 Å². The first-order valence-electron chi connectivity index (χ1n) is 8.00. The second kappa shape index (κ2) is 8.87. The highest BCUT2D eigenvalue weighted by Gasteiger charge is 2.24. The van der Waals surface area contributed by atoms with E-state index < -0.39 is 0 Å². The monoisotopic (exact) mass is 339 g/mol. The van der Waals surface area contributed by atoms with Crippen molar-refractivity contribution in [1.29, 1.82) is 0 Å². The van der Waals surface area contributed by atoms with Crippen molar-refractivity contribution >= 4 is 5.96 Å². The van der Waals surface area contributed by atoms with Gasteiger partial charge < -0.3 is 19.7 Å². The molecule has 1 aromatic rings. The van der Waals surface area contributed by atoms with E-state index >= 15 is 0 Å². The molecular weight excluding hydrogens is 309 g/mol. The largest absolute Gasteiger partial charge is 0.494 e. The van der Waals surface area contributed by atoms with Crippen LogP contribution in [-0.4, -0.2) is 51.8 Å². The summed E-state index contributed by atoms with van der Waals surface area (Å²) in [5.41, 5.74) is 0.871. The van der Waals surface area contributed by atoms with Gasteiger partial charge in [-0.15, -0.1) is 0 Å². The summed E-state index contributed by atoms with van der Waals surface area (Å²) in [6, 6.07) is 4.96. The lowest BCUT2D eigenvalue weighted by atomic mass is 9.89. The fourth-order valence-electron chi connectivity index (χ4n) is 2.47. The predicted octanol–water partition coefficient (Wildman–Crippen LogP) is 2.90. The minimum atomic E-state index is -0.362. The van der Waals surface area contributed by atoms with Crippen molar-refractivity contribution < 1.29 is 13.9 Å². The van der Waals surface area contributed by atoms with Crippen LogP contribution in [0.25, 0.3) is 0 Å². The Balaban J connectivity index is 2.70. The number of rotatable bonds is 6. The number of nitrogens with zero attached hydrogens (tertiary/aromatic N) is 2. The maximum Gasteiger partial charge on any atom is 0.193 e. The van der Waals surface area contributed by atoms with E-state index in [4.69, 9.17) is 9.47 Å². The fourth-order valence-corrected chi connectivity index (χ4v) is 2.47. The Morgan fingerprint density at radius 1 is 1.33 bits per heavy atom. The number of hydrogen-bond donors (Lipinski definition) is 1. The Bertz CT molecular complexity index is 556. The van der Waals surface area contributed by atoms with Gasteiger partial charge in [0.2, 0.25) is 0 Å². The summed E-state index contributed by atoms with van der Waals surface area (Å²) in [5, 5.41) is 3.32. The average molecular weight is 339 g/mol. The summed E-state index contributed by atoms with van der Waals surface area (Å²) >= 11 is 0. The van der Waals surface area contributed by atoms with E-state index in [2.05, 4.69) is 31.1 Å². The van der Waals surface area contributed by atoms with E-state index in [0.717, 1.165) is 11.5 Å². The third-order valence-corrected chi connectivity index (χ3v) is 3.91. The zero-order chi connectivity index (χ0) is 18.3. The van der Waals surface area contributed by atoms with Gasteiger partial charge >= 0.3 is 0 Å². The second-order valence-corrected chi connectivity index (χ2v) is 6.84. The Labute approximate surface area is 144 Å². The van der Waals surface area contributed by atoms with Crippen molar-refractivity contribution in [1.82, 2.24) is 10.2 Å². The van der Waals surface area contributed by atoms with Crippen molar-refractivity contribution in [3.8, 4) is 5.75 Å². The minimum absolute atomic E-state index is 0.0261. The van der Waals surface area contributed by atoms with Crippen LogP contribution in [0.5, 0.6) is 5.75 Å². The van der Waals surface area contributed by atoms with Gasteiger partial charge in [0.25, 0.3) is 0 Å². The molecule has 0 amide bonds. The number of methoxy groups -OCH3 is 2. The van der Waals surface area contributed by atoms with E-state index in [1.165, 1.54) is 13.2 Å². The van der Waals surface area contributed by atoms with Crippen LogP contribution in [0.3, 0.4) is 0 Å². The Morgan fingerprint density at radius 2 is 2.00 bits per heavy atom. The van der Waals surface area contributed by atoms with Gasteiger partial charge in [0.1, 0.15) is 0 Å². The Hall–Kier alpha value is -1.82. The Morgan fingerprint density at radius 3 is 2.46 bits per heavy atom. The van der Waals surface area contributed by atoms with E-state index in [9.17, 15) is 4.39 Å². The van der Waals surface area contributed by atoms with Crippen molar-refractivity contribution in [2.45, 2.75) is 33.4 Å². The Kier molecular flexibility index (Phi) is 7.48. The molecule has 0 aliphatic heterocycles. The lowest BCUT2D eigenvalue weighted by Crippen LogP contribution is -2.45. The topological polar surface area (TPSA) is 46.1 Å². The van der Waals surface area contributed by atoms with Crippen molar-refractivity contribution in [3.63, 3.8) is 0 Å². The summed E-state index contributed by atoms with van der Waals surface area (Å²) in [4.78, 5) is 6.23. The third kappa shape index (κ3) is 5.67. The average Bonchev–Trinajstić information content (AvgIpc) is 2.50. The van der Waals surface area contributed by atoms with E-state index in [1.54, 1.807) is 20.2 Å². The van der Waals surface area contributed by atoms with E-state index in [0.29, 0.717) is 13.1 Å². The van der Waals surface area contributed by atoms with Crippen LogP contribution in [0.1, 0.15) is 26.3 Å². The summed E-state index contributed by atoms with van der Waals surface area (Å²) in [6.45, 7) is 7.59. The minimum Gasteiger partial charge on any atom is -0.494 e. The normalized spacial score (nSPS) is 13.6. The van der Waals surface area contributed by atoms with Gasteiger partial charge in [0.05, 0.1) is 13.2 Å². The quantitative estimate of drug-likeness (QED) is 0.639. The molecule has 0 saturated heterocycles. The first-order chi connectivity index (χ1) is 11.2. The standard InChI is InChI=1S/C18H30FN3O2/c1-18(2,3)16(24-7)11-21-17(20-4)22(5)12-13-8-9-15(23-6)14(19)10-13/h8-10,16H,11-12H2,1-7H3,(H,20,21). The number of halogens is 1. The number of ether oxygens (including phenoxy) is 2. The third-order valence-electron chi connectivity index (χ3n) is 3.91. The van der Waals surface area contributed by atoms with Crippen LogP contribution in [0.15, 0.2) is 23.2 Å². The maximum atomic E-state index is 13.8. The van der Waals surface area contributed by atoms with Gasteiger partial charge in [0, 0.05) is 34.3 Å². The zero-order valence-corrected chi connectivity index (χ0v) is 15.8. The van der Waals surface area contributed by atoms with Crippen LogP contribution in [0.2, 0.25) is 0 Å². The molecule has 136 valence electrons.